The highest BCUT2D eigenvalue weighted by atomic mass is 32.1. The van der Waals surface area contributed by atoms with Crippen LogP contribution in [-0.2, 0) is 26.3 Å². The van der Waals surface area contributed by atoms with Gasteiger partial charge in [0.15, 0.2) is 17.3 Å². The van der Waals surface area contributed by atoms with Gasteiger partial charge < -0.3 is 15.2 Å². The van der Waals surface area contributed by atoms with Gasteiger partial charge in [-0.15, -0.1) is 11.3 Å². The number of nitrogens with one attached hydrogen (secondary N) is 2. The zero-order valence-corrected chi connectivity index (χ0v) is 23.2. The minimum absolute atomic E-state index is 0.0532. The van der Waals surface area contributed by atoms with Crippen molar-refractivity contribution in [2.45, 2.75) is 19.3 Å². The lowest BCUT2D eigenvalue weighted by Crippen LogP contribution is -2.25. The molecular formula is C30H21F5N6OS. The molecule has 0 saturated heterocycles. The molecule has 0 aliphatic rings. The first-order valence-electron chi connectivity index (χ1n) is 12.9. The summed E-state index contributed by atoms with van der Waals surface area (Å²) in [4.78, 5) is 27.4. The summed E-state index contributed by atoms with van der Waals surface area (Å²) in [6.45, 7) is -0.0388. The third kappa shape index (κ3) is 5.75. The van der Waals surface area contributed by atoms with Gasteiger partial charge in [-0.3, -0.25) is 4.79 Å². The summed E-state index contributed by atoms with van der Waals surface area (Å²) in [5, 5.41) is 7.40. The number of hydrogen-bond acceptors (Lipinski definition) is 6. The lowest BCUT2D eigenvalue weighted by molar-refractivity contribution is -0.137. The van der Waals surface area contributed by atoms with Crippen molar-refractivity contribution in [2.75, 3.05) is 5.32 Å². The second-order valence-electron chi connectivity index (χ2n) is 9.76. The predicted octanol–water partition coefficient (Wildman–Crippen LogP) is 7.08. The van der Waals surface area contributed by atoms with Crippen LogP contribution in [0.1, 0.15) is 26.4 Å². The van der Waals surface area contributed by atoms with Crippen LogP contribution in [0.2, 0.25) is 0 Å². The maximum absolute atomic E-state index is 13.5. The summed E-state index contributed by atoms with van der Waals surface area (Å²) in [5.41, 5.74) is 1.35. The van der Waals surface area contributed by atoms with Crippen molar-refractivity contribution in [2.24, 2.45) is 7.05 Å². The third-order valence-electron chi connectivity index (χ3n) is 6.83. The first-order valence-corrected chi connectivity index (χ1v) is 13.7. The number of amides is 1. The van der Waals surface area contributed by atoms with Gasteiger partial charge in [-0.25, -0.2) is 23.7 Å². The number of rotatable bonds is 7. The number of fused-ring (bicyclic) bond motifs is 3. The monoisotopic (exact) mass is 608 g/mol. The van der Waals surface area contributed by atoms with Crippen LogP contribution in [0.15, 0.2) is 73.3 Å². The van der Waals surface area contributed by atoms with Gasteiger partial charge in [-0.05, 0) is 47.5 Å². The molecule has 1 amide bonds. The normalized spacial score (nSPS) is 11.8. The first-order chi connectivity index (χ1) is 20.6. The highest BCUT2D eigenvalue weighted by Crippen LogP contribution is 2.34. The Balaban J connectivity index is 1.22. The Hall–Kier alpha value is -4.91. The number of aromatic nitrogens is 4. The van der Waals surface area contributed by atoms with Crippen LogP contribution in [0.3, 0.4) is 0 Å². The van der Waals surface area contributed by atoms with Gasteiger partial charge in [-0.2, -0.15) is 13.2 Å². The number of anilines is 1. The van der Waals surface area contributed by atoms with Crippen LogP contribution in [0.4, 0.5) is 27.8 Å². The number of benzene rings is 2. The molecule has 0 unspecified atom stereocenters. The second kappa shape index (κ2) is 11.1. The topological polar surface area (TPSA) is 84.7 Å². The fourth-order valence-electron chi connectivity index (χ4n) is 4.64. The maximum atomic E-state index is 13.5. The Kier molecular flexibility index (Phi) is 7.26. The summed E-state index contributed by atoms with van der Waals surface area (Å²) in [6.07, 6.45) is -0.580. The number of carbonyl (C=O) groups excluding carboxylic acids is 1. The van der Waals surface area contributed by atoms with Gasteiger partial charge >= 0.3 is 6.18 Å². The van der Waals surface area contributed by atoms with E-state index in [0.717, 1.165) is 43.7 Å². The van der Waals surface area contributed by atoms with E-state index in [-0.39, 0.29) is 30.0 Å². The minimum atomic E-state index is -4.72. The lowest BCUT2D eigenvalue weighted by atomic mass is 10.1. The van der Waals surface area contributed by atoms with Gasteiger partial charge in [0, 0.05) is 46.5 Å². The second-order valence-corrected chi connectivity index (χ2v) is 10.9. The maximum Gasteiger partial charge on any atom is 0.417 e. The SMILES string of the molecule is Cn1cnc2ncc3ccc(-c4ccc(CNc5ncc(C(F)(F)F)cc5C(=O)NCc5ccc(F)c(F)c5)s4)cc3c21. The Morgan fingerprint density at radius 2 is 1.77 bits per heavy atom. The molecule has 7 nitrogen and oxygen atoms in total. The van der Waals surface area contributed by atoms with Gasteiger partial charge in [0.1, 0.15) is 5.82 Å². The Morgan fingerprint density at radius 1 is 0.930 bits per heavy atom. The van der Waals surface area contributed by atoms with Gasteiger partial charge in [0.05, 0.1) is 29.5 Å². The standard InChI is InChI=1S/C30H21F5N6OS/c1-41-15-40-28-26(41)21-9-17(3-4-18(21)12-36-28)25-7-5-20(43-25)14-38-27-22(10-19(13-37-27)30(33,34)35)29(42)39-11-16-2-6-23(31)24(32)8-16/h2-10,12-13,15H,11,14H2,1H3,(H,37,38)(H,39,42). The molecule has 4 heterocycles. The summed E-state index contributed by atoms with van der Waals surface area (Å²) in [7, 11) is 1.91. The highest BCUT2D eigenvalue weighted by molar-refractivity contribution is 7.15. The van der Waals surface area contributed by atoms with Crippen LogP contribution in [0, 0.1) is 11.6 Å². The molecular weight excluding hydrogens is 587 g/mol. The molecule has 6 aromatic rings. The number of nitrogens with zero attached hydrogens (tertiary/aromatic N) is 4. The number of alkyl halides is 3. The molecule has 218 valence electrons. The van der Waals surface area contributed by atoms with Crippen LogP contribution in [0.5, 0.6) is 0 Å². The molecule has 0 aliphatic carbocycles. The number of carbonyl (C=O) groups is 1. The van der Waals surface area contributed by atoms with Gasteiger partial charge in [-0.1, -0.05) is 18.2 Å². The molecule has 0 saturated carbocycles. The fourth-order valence-corrected chi connectivity index (χ4v) is 5.58. The number of aryl methyl sites for hydroxylation is 1. The zero-order valence-electron chi connectivity index (χ0n) is 22.3. The van der Waals surface area contributed by atoms with Gasteiger partial charge in [0.2, 0.25) is 0 Å². The number of thiophene rings is 1. The molecule has 0 bridgehead atoms. The van der Waals surface area contributed by atoms with Gasteiger partial charge in [0.25, 0.3) is 5.91 Å². The molecule has 43 heavy (non-hydrogen) atoms. The van der Waals surface area contributed by atoms with E-state index in [2.05, 4.69) is 31.7 Å². The number of pyridine rings is 2. The number of hydrogen-bond donors (Lipinski definition) is 2. The molecule has 0 radical (unpaired) electrons. The van der Waals surface area contributed by atoms with E-state index in [1.165, 1.54) is 17.4 Å². The smallest absolute Gasteiger partial charge is 0.365 e. The van der Waals surface area contributed by atoms with E-state index in [4.69, 9.17) is 0 Å². The third-order valence-corrected chi connectivity index (χ3v) is 7.96. The fraction of sp³-hybridized carbons (Fsp3) is 0.133. The van der Waals surface area contributed by atoms with Crippen molar-refractivity contribution in [1.82, 2.24) is 24.8 Å². The van der Waals surface area contributed by atoms with E-state index >= 15 is 0 Å². The molecule has 2 N–H and O–H groups in total. The largest absolute Gasteiger partial charge is 0.417 e. The predicted molar refractivity (Wildman–Crippen MR) is 153 cm³/mol. The number of imidazole rings is 1. The van der Waals surface area contributed by atoms with Crippen LogP contribution >= 0.6 is 11.3 Å². The van der Waals surface area contributed by atoms with E-state index in [1.807, 2.05) is 35.9 Å². The van der Waals surface area contributed by atoms with E-state index in [1.54, 1.807) is 12.5 Å². The molecule has 0 fully saturated rings. The van der Waals surface area contributed by atoms with Crippen molar-refractivity contribution in [3.05, 3.63) is 107 Å². The zero-order chi connectivity index (χ0) is 30.3. The quantitative estimate of drug-likeness (QED) is 0.189. The molecule has 4 aromatic heterocycles. The molecule has 6 rings (SSSR count). The summed E-state index contributed by atoms with van der Waals surface area (Å²) >= 11 is 1.48. The minimum Gasteiger partial charge on any atom is -0.365 e. The van der Waals surface area contributed by atoms with Crippen molar-refractivity contribution in [3.8, 4) is 10.4 Å². The van der Waals surface area contributed by atoms with E-state index < -0.39 is 29.3 Å². The van der Waals surface area contributed by atoms with Crippen molar-refractivity contribution in [3.63, 3.8) is 0 Å². The summed E-state index contributed by atoms with van der Waals surface area (Å²) in [5.74, 6) is -3.06. The molecule has 13 heteroatoms. The Bertz CT molecular complexity index is 2000. The Labute approximate surface area is 245 Å². The Morgan fingerprint density at radius 3 is 2.56 bits per heavy atom. The van der Waals surface area contributed by atoms with Crippen molar-refractivity contribution < 1.29 is 26.7 Å². The highest BCUT2D eigenvalue weighted by Gasteiger charge is 2.32. The summed E-state index contributed by atoms with van der Waals surface area (Å²) in [6, 6.07) is 13.6. The lowest BCUT2D eigenvalue weighted by Gasteiger charge is -2.14. The van der Waals surface area contributed by atoms with Crippen LogP contribution < -0.4 is 10.6 Å². The first kappa shape index (κ1) is 28.2. The van der Waals surface area contributed by atoms with Crippen LogP contribution in [0.25, 0.3) is 32.4 Å². The van der Waals surface area contributed by atoms with Crippen molar-refractivity contribution in [1.29, 1.82) is 0 Å². The average molecular weight is 609 g/mol. The molecule has 2 aromatic carbocycles. The van der Waals surface area contributed by atoms with Crippen molar-refractivity contribution >= 4 is 45.0 Å². The summed E-state index contributed by atoms with van der Waals surface area (Å²) < 4.78 is 69.0. The number of halogens is 5. The molecule has 0 atom stereocenters. The molecule has 0 spiro atoms. The average Bonchev–Trinajstić information content (AvgIpc) is 3.62. The molecule has 0 aliphatic heterocycles. The van der Waals surface area contributed by atoms with Crippen LogP contribution in [-0.4, -0.2) is 25.4 Å². The van der Waals surface area contributed by atoms with E-state index in [0.29, 0.717) is 17.9 Å². The van der Waals surface area contributed by atoms with E-state index in [9.17, 15) is 26.7 Å².